The molecule has 1 aromatic rings. The molecule has 0 bridgehead atoms. The van der Waals surface area contributed by atoms with Crippen LogP contribution >= 0.6 is 11.6 Å². The Morgan fingerprint density at radius 2 is 2.47 bits per heavy atom. The molecule has 2 heterocycles. The Labute approximate surface area is 93.2 Å². The monoisotopic (exact) mass is 228 g/mol. The first-order valence-electron chi connectivity index (χ1n) is 4.84. The number of carbonyl (C=O) groups is 1. The van der Waals surface area contributed by atoms with E-state index in [2.05, 4.69) is 23.5 Å². The van der Waals surface area contributed by atoms with E-state index in [1.807, 2.05) is 0 Å². The molecule has 4 nitrogen and oxygen atoms in total. The van der Waals surface area contributed by atoms with Gasteiger partial charge in [-0.05, 0) is 0 Å². The van der Waals surface area contributed by atoms with Gasteiger partial charge in [0.05, 0.1) is 5.38 Å². The highest BCUT2D eigenvalue weighted by Gasteiger charge is 2.40. The van der Waals surface area contributed by atoms with E-state index in [1.54, 1.807) is 11.0 Å². The van der Waals surface area contributed by atoms with Crippen LogP contribution in [0.2, 0.25) is 0 Å². The van der Waals surface area contributed by atoms with Crippen LogP contribution in [0.1, 0.15) is 24.3 Å². The number of carbonyl (C=O) groups excluding carboxylic acids is 1. The molecule has 0 saturated carbocycles. The van der Waals surface area contributed by atoms with Gasteiger partial charge in [0.1, 0.15) is 6.26 Å². The van der Waals surface area contributed by atoms with Gasteiger partial charge in [0.25, 0.3) is 5.91 Å². The van der Waals surface area contributed by atoms with Crippen molar-refractivity contribution in [1.29, 1.82) is 0 Å². The molecule has 1 aliphatic heterocycles. The number of nitrogens with zero attached hydrogens (tertiary/aromatic N) is 2. The van der Waals surface area contributed by atoms with E-state index in [0.29, 0.717) is 18.8 Å². The van der Waals surface area contributed by atoms with Gasteiger partial charge in [-0.2, -0.15) is 0 Å². The number of hydrogen-bond acceptors (Lipinski definition) is 3. The zero-order valence-corrected chi connectivity index (χ0v) is 9.49. The van der Waals surface area contributed by atoms with E-state index in [-0.39, 0.29) is 16.7 Å². The molecule has 82 valence electrons. The molecule has 5 heteroatoms. The molecule has 15 heavy (non-hydrogen) atoms. The maximum absolute atomic E-state index is 11.9. The highest BCUT2D eigenvalue weighted by Crippen LogP contribution is 2.34. The fourth-order valence-corrected chi connectivity index (χ4v) is 1.97. The molecule has 1 aromatic heterocycles. The Morgan fingerprint density at radius 1 is 1.73 bits per heavy atom. The second-order valence-corrected chi connectivity index (χ2v) is 5.05. The molecule has 1 aliphatic rings. The van der Waals surface area contributed by atoms with Crippen LogP contribution in [-0.4, -0.2) is 34.4 Å². The molecule has 0 radical (unpaired) electrons. The highest BCUT2D eigenvalue weighted by atomic mass is 35.5. The quantitative estimate of drug-likeness (QED) is 0.689. The lowest BCUT2D eigenvalue weighted by Gasteiger charge is -2.20. The smallest absolute Gasteiger partial charge is 0.276 e. The number of likely N-dealkylation sites (tertiary alicyclic amines) is 1. The van der Waals surface area contributed by atoms with E-state index >= 15 is 0 Å². The molecule has 1 saturated heterocycles. The first kappa shape index (κ1) is 10.5. The second-order valence-electron chi connectivity index (χ2n) is 4.53. The molecule has 2 rings (SSSR count). The zero-order valence-electron chi connectivity index (χ0n) is 8.74. The molecule has 0 spiro atoms. The summed E-state index contributed by atoms with van der Waals surface area (Å²) in [5.41, 5.74) is 0.303. The second kappa shape index (κ2) is 3.52. The average Bonchev–Trinajstić information content (AvgIpc) is 2.74. The van der Waals surface area contributed by atoms with Crippen LogP contribution in [0.5, 0.6) is 0 Å². The lowest BCUT2D eigenvalue weighted by Crippen LogP contribution is -2.30. The maximum Gasteiger partial charge on any atom is 0.276 e. The summed E-state index contributed by atoms with van der Waals surface area (Å²) in [6.07, 6.45) is 1.40. The van der Waals surface area contributed by atoms with Crippen LogP contribution in [-0.2, 0) is 0 Å². The highest BCUT2D eigenvalue weighted by molar-refractivity contribution is 6.21. The van der Waals surface area contributed by atoms with E-state index in [0.717, 1.165) is 0 Å². The Morgan fingerprint density at radius 3 is 2.93 bits per heavy atom. The number of halogens is 1. The van der Waals surface area contributed by atoms with Crippen molar-refractivity contribution >= 4 is 17.5 Å². The Hall–Kier alpha value is -1.03. The van der Waals surface area contributed by atoms with Crippen molar-refractivity contribution in [2.75, 3.05) is 13.1 Å². The average molecular weight is 229 g/mol. The predicted molar refractivity (Wildman–Crippen MR) is 55.8 cm³/mol. The molecule has 1 unspecified atom stereocenters. The Balaban J connectivity index is 2.12. The third-order valence-corrected chi connectivity index (χ3v) is 3.50. The van der Waals surface area contributed by atoms with Crippen LogP contribution < -0.4 is 0 Å². The van der Waals surface area contributed by atoms with Crippen LogP contribution in [0, 0.1) is 5.41 Å². The molecule has 1 atom stereocenters. The first-order valence-corrected chi connectivity index (χ1v) is 5.28. The summed E-state index contributed by atoms with van der Waals surface area (Å²) in [6.45, 7) is 5.34. The van der Waals surface area contributed by atoms with Crippen LogP contribution in [0.15, 0.2) is 16.9 Å². The van der Waals surface area contributed by atoms with E-state index in [1.165, 1.54) is 6.26 Å². The van der Waals surface area contributed by atoms with E-state index in [9.17, 15) is 4.79 Å². The SMILES string of the molecule is CC1(C)CN(C(=O)c2ccon2)CC1Cl. The van der Waals surface area contributed by atoms with Crippen molar-refractivity contribution < 1.29 is 9.32 Å². The van der Waals surface area contributed by atoms with Gasteiger partial charge in [-0.15, -0.1) is 11.6 Å². The summed E-state index contributed by atoms with van der Waals surface area (Å²) in [5.74, 6) is -0.111. The van der Waals surface area contributed by atoms with Gasteiger partial charge in [0.15, 0.2) is 5.69 Å². The summed E-state index contributed by atoms with van der Waals surface area (Å²) in [6, 6.07) is 1.57. The molecule has 0 aromatic carbocycles. The van der Waals surface area contributed by atoms with Crippen molar-refractivity contribution in [3.05, 3.63) is 18.0 Å². The summed E-state index contributed by atoms with van der Waals surface area (Å²) < 4.78 is 4.64. The van der Waals surface area contributed by atoms with Gasteiger partial charge in [-0.3, -0.25) is 4.79 Å². The normalized spacial score (nSPS) is 24.5. The molecular formula is C10H13ClN2O2. The predicted octanol–water partition coefficient (Wildman–Crippen LogP) is 1.76. The fourth-order valence-electron chi connectivity index (χ4n) is 1.74. The molecular weight excluding hydrogens is 216 g/mol. The summed E-state index contributed by atoms with van der Waals surface area (Å²) in [4.78, 5) is 13.6. The third-order valence-electron chi connectivity index (χ3n) is 2.77. The zero-order chi connectivity index (χ0) is 11.1. The third kappa shape index (κ3) is 1.86. The molecule has 0 N–H and O–H groups in total. The number of amides is 1. The summed E-state index contributed by atoms with van der Waals surface area (Å²) >= 11 is 6.17. The minimum Gasteiger partial charge on any atom is -0.364 e. The van der Waals surface area contributed by atoms with Gasteiger partial charge in [-0.1, -0.05) is 19.0 Å². The maximum atomic E-state index is 11.9. The van der Waals surface area contributed by atoms with Gasteiger partial charge in [0.2, 0.25) is 0 Å². The van der Waals surface area contributed by atoms with E-state index < -0.39 is 0 Å². The van der Waals surface area contributed by atoms with Gasteiger partial charge in [0, 0.05) is 24.6 Å². The van der Waals surface area contributed by atoms with Crippen molar-refractivity contribution in [3.63, 3.8) is 0 Å². The Kier molecular flexibility index (Phi) is 2.46. The first-order chi connectivity index (χ1) is 7.00. The fraction of sp³-hybridized carbons (Fsp3) is 0.600. The topological polar surface area (TPSA) is 46.3 Å². The number of hydrogen-bond donors (Lipinski definition) is 0. The minimum atomic E-state index is -0.111. The molecule has 1 fully saturated rings. The van der Waals surface area contributed by atoms with Crippen LogP contribution in [0.3, 0.4) is 0 Å². The van der Waals surface area contributed by atoms with Crippen molar-refractivity contribution in [2.45, 2.75) is 19.2 Å². The largest absolute Gasteiger partial charge is 0.364 e. The summed E-state index contributed by atoms with van der Waals surface area (Å²) in [5, 5.41) is 3.62. The van der Waals surface area contributed by atoms with Crippen molar-refractivity contribution in [3.8, 4) is 0 Å². The van der Waals surface area contributed by atoms with Crippen LogP contribution in [0.25, 0.3) is 0 Å². The number of rotatable bonds is 1. The number of aromatic nitrogens is 1. The molecule has 1 amide bonds. The van der Waals surface area contributed by atoms with Crippen LogP contribution in [0.4, 0.5) is 0 Å². The minimum absolute atomic E-state index is 0.00616. The lowest BCUT2D eigenvalue weighted by molar-refractivity contribution is 0.0768. The Bertz CT molecular complexity index is 362. The van der Waals surface area contributed by atoms with E-state index in [4.69, 9.17) is 11.6 Å². The summed E-state index contributed by atoms with van der Waals surface area (Å²) in [7, 11) is 0. The van der Waals surface area contributed by atoms with Gasteiger partial charge < -0.3 is 9.42 Å². The number of alkyl halides is 1. The van der Waals surface area contributed by atoms with Gasteiger partial charge >= 0.3 is 0 Å². The van der Waals surface area contributed by atoms with Crippen molar-refractivity contribution in [2.24, 2.45) is 5.41 Å². The lowest BCUT2D eigenvalue weighted by atomic mass is 9.92. The van der Waals surface area contributed by atoms with Gasteiger partial charge in [-0.25, -0.2) is 0 Å². The molecule has 0 aliphatic carbocycles. The standard InChI is InChI=1S/C10H13ClN2O2/c1-10(2)6-13(5-8(10)11)9(14)7-3-4-15-12-7/h3-4,8H,5-6H2,1-2H3. The van der Waals surface area contributed by atoms with Crippen molar-refractivity contribution in [1.82, 2.24) is 10.1 Å².